The monoisotopic (exact) mass is 456 g/mol. The molecule has 0 bridgehead atoms. The molecule has 1 heterocycles. The lowest BCUT2D eigenvalue weighted by molar-refractivity contribution is -0.135. The van der Waals surface area contributed by atoms with Crippen LogP contribution in [0.3, 0.4) is 0 Å². The predicted octanol–water partition coefficient (Wildman–Crippen LogP) is 4.57. The number of aromatic nitrogens is 2. The highest BCUT2D eigenvalue weighted by molar-refractivity contribution is 6.30. The Morgan fingerprint density at radius 1 is 1.23 bits per heavy atom. The number of hydrogen-bond donors (Lipinski definition) is 1. The van der Waals surface area contributed by atoms with Crippen LogP contribution < -0.4 is 5.56 Å². The molecule has 9 heteroatoms. The topological polar surface area (TPSA) is 72.2 Å². The summed E-state index contributed by atoms with van der Waals surface area (Å²) < 4.78 is 39.0. The number of halogens is 4. The highest BCUT2D eigenvalue weighted by atomic mass is 35.5. The molecule has 0 saturated heterocycles. The third-order valence-corrected chi connectivity index (χ3v) is 5.90. The van der Waals surface area contributed by atoms with Gasteiger partial charge in [-0.15, -0.1) is 0 Å². The summed E-state index contributed by atoms with van der Waals surface area (Å²) in [5.41, 5.74) is 0.256. The molecule has 1 aliphatic rings. The summed E-state index contributed by atoms with van der Waals surface area (Å²) in [6.45, 7) is -0.212. The number of nitrogens with zero attached hydrogens (tertiary/aromatic N) is 2. The molecule has 0 aliphatic heterocycles. The number of carbonyl (C=O) groups is 1. The Morgan fingerprint density at radius 2 is 1.90 bits per heavy atom. The first-order valence-corrected chi connectivity index (χ1v) is 10.5. The Bertz CT molecular complexity index is 983. The average Bonchev–Trinajstić information content (AvgIpc) is 3.49. The largest absolute Gasteiger partial charge is 0.396 e. The molecule has 0 spiro atoms. The summed E-state index contributed by atoms with van der Waals surface area (Å²) in [6.07, 6.45) is -3.14. The molecule has 1 saturated carbocycles. The number of ketones is 1. The fourth-order valence-corrected chi connectivity index (χ4v) is 3.58. The number of aliphatic hydroxyl groups excluding tert-OH is 1. The molecular formula is C22H24ClF3N2O3. The van der Waals surface area contributed by atoms with E-state index in [9.17, 15) is 27.9 Å². The van der Waals surface area contributed by atoms with Crippen LogP contribution in [0.4, 0.5) is 13.2 Å². The normalized spacial score (nSPS) is 15.1. The third-order valence-electron chi connectivity index (χ3n) is 5.65. The van der Waals surface area contributed by atoms with Crippen molar-refractivity contribution < 1.29 is 23.1 Å². The zero-order chi connectivity index (χ0) is 22.6. The molecular weight excluding hydrogens is 433 g/mol. The summed E-state index contributed by atoms with van der Waals surface area (Å²) in [7, 11) is 0. The van der Waals surface area contributed by atoms with Gasteiger partial charge in [-0.05, 0) is 43.2 Å². The third kappa shape index (κ3) is 6.64. The van der Waals surface area contributed by atoms with Crippen LogP contribution in [0.15, 0.2) is 35.1 Å². The molecule has 1 aromatic heterocycles. The van der Waals surface area contributed by atoms with Crippen LogP contribution in [-0.4, -0.2) is 33.2 Å². The van der Waals surface area contributed by atoms with Crippen molar-refractivity contribution in [1.82, 2.24) is 9.55 Å². The van der Waals surface area contributed by atoms with Gasteiger partial charge < -0.3 is 5.11 Å². The minimum Gasteiger partial charge on any atom is -0.396 e. The van der Waals surface area contributed by atoms with Gasteiger partial charge in [0.25, 0.3) is 5.56 Å². The Labute approximate surface area is 182 Å². The van der Waals surface area contributed by atoms with E-state index in [0.29, 0.717) is 22.7 Å². The fourth-order valence-electron chi connectivity index (χ4n) is 3.45. The van der Waals surface area contributed by atoms with Crippen molar-refractivity contribution in [3.8, 4) is 11.3 Å². The van der Waals surface area contributed by atoms with Crippen LogP contribution in [0.1, 0.15) is 44.3 Å². The smallest absolute Gasteiger partial charge is 0.389 e. The molecule has 0 amide bonds. The van der Waals surface area contributed by atoms with Gasteiger partial charge in [-0.25, -0.2) is 4.98 Å². The summed E-state index contributed by atoms with van der Waals surface area (Å²) in [5.74, 6) is -0.0571. The van der Waals surface area contributed by atoms with E-state index in [1.807, 2.05) is 0 Å². The standard InChI is InChI=1S/C22H24ClF3N2O3/c23-16-5-3-15(4-6-16)18-12-20(31)28(19(27-18)2-1-8-22(24,25)26)13-17(30)7-9-21(14-29)10-11-21/h3-6,12,29H,1-2,7-11,13-14H2. The average molecular weight is 457 g/mol. The van der Waals surface area contributed by atoms with E-state index in [4.69, 9.17) is 11.6 Å². The van der Waals surface area contributed by atoms with Gasteiger partial charge in [0.05, 0.1) is 12.2 Å². The summed E-state index contributed by atoms with van der Waals surface area (Å²) in [4.78, 5) is 29.6. The number of benzene rings is 1. The molecule has 1 fully saturated rings. The van der Waals surface area contributed by atoms with E-state index >= 15 is 0 Å². The first-order valence-electron chi connectivity index (χ1n) is 10.2. The lowest BCUT2D eigenvalue weighted by Crippen LogP contribution is -2.29. The van der Waals surface area contributed by atoms with Gasteiger partial charge in [-0.3, -0.25) is 14.2 Å². The van der Waals surface area contributed by atoms with Crippen LogP contribution in [0.5, 0.6) is 0 Å². The van der Waals surface area contributed by atoms with Gasteiger partial charge in [0.15, 0.2) is 5.78 Å². The van der Waals surface area contributed by atoms with Gasteiger partial charge in [0.1, 0.15) is 5.82 Å². The van der Waals surface area contributed by atoms with E-state index in [-0.39, 0.29) is 49.4 Å². The van der Waals surface area contributed by atoms with Gasteiger partial charge in [-0.2, -0.15) is 13.2 Å². The van der Waals surface area contributed by atoms with Gasteiger partial charge >= 0.3 is 6.18 Å². The molecule has 0 unspecified atom stereocenters. The lowest BCUT2D eigenvalue weighted by atomic mass is 9.99. The van der Waals surface area contributed by atoms with Crippen LogP contribution in [0.25, 0.3) is 11.3 Å². The van der Waals surface area contributed by atoms with Crippen molar-refractivity contribution in [3.05, 3.63) is 51.5 Å². The zero-order valence-electron chi connectivity index (χ0n) is 16.9. The minimum absolute atomic E-state index is 0.0280. The second-order valence-corrected chi connectivity index (χ2v) is 8.59. The van der Waals surface area contributed by atoms with Crippen LogP contribution >= 0.6 is 11.6 Å². The molecule has 0 radical (unpaired) electrons. The molecule has 2 aromatic rings. The number of carbonyl (C=O) groups excluding carboxylic acids is 1. The second-order valence-electron chi connectivity index (χ2n) is 8.15. The molecule has 0 atom stereocenters. The maximum atomic E-state index is 12.7. The Balaban J connectivity index is 1.82. The predicted molar refractivity (Wildman–Crippen MR) is 111 cm³/mol. The molecule has 168 valence electrons. The van der Waals surface area contributed by atoms with Gasteiger partial charge in [-0.1, -0.05) is 23.7 Å². The van der Waals surface area contributed by atoms with E-state index in [1.54, 1.807) is 24.3 Å². The van der Waals surface area contributed by atoms with Crippen molar-refractivity contribution >= 4 is 17.4 Å². The van der Waals surface area contributed by atoms with E-state index < -0.39 is 18.2 Å². The molecule has 3 rings (SSSR count). The number of rotatable bonds is 10. The summed E-state index contributed by atoms with van der Waals surface area (Å²) >= 11 is 5.89. The molecule has 31 heavy (non-hydrogen) atoms. The van der Waals surface area contributed by atoms with Crippen molar-refractivity contribution in [2.75, 3.05) is 6.61 Å². The first-order chi connectivity index (χ1) is 14.6. The quantitative estimate of drug-likeness (QED) is 0.568. The Kier molecular flexibility index (Phi) is 7.21. The van der Waals surface area contributed by atoms with E-state index in [1.165, 1.54) is 6.07 Å². The van der Waals surface area contributed by atoms with Gasteiger partial charge in [0, 0.05) is 42.5 Å². The molecule has 1 N–H and O–H groups in total. The zero-order valence-corrected chi connectivity index (χ0v) is 17.7. The van der Waals surface area contributed by atoms with E-state index in [2.05, 4.69) is 4.98 Å². The molecule has 1 aliphatic carbocycles. The maximum Gasteiger partial charge on any atom is 0.389 e. The van der Waals surface area contributed by atoms with Crippen LogP contribution in [-0.2, 0) is 17.8 Å². The highest BCUT2D eigenvalue weighted by Crippen LogP contribution is 2.49. The Hall–Kier alpha value is -2.19. The van der Waals surface area contributed by atoms with Crippen molar-refractivity contribution in [1.29, 1.82) is 0 Å². The van der Waals surface area contributed by atoms with Crippen molar-refractivity contribution in [2.24, 2.45) is 5.41 Å². The Morgan fingerprint density at radius 3 is 2.48 bits per heavy atom. The number of hydrogen-bond acceptors (Lipinski definition) is 4. The van der Waals surface area contributed by atoms with Gasteiger partial charge in [0.2, 0.25) is 0 Å². The molecule has 5 nitrogen and oxygen atoms in total. The second kappa shape index (κ2) is 9.53. The summed E-state index contributed by atoms with van der Waals surface area (Å²) in [5, 5.41) is 9.89. The number of alkyl halides is 3. The lowest BCUT2D eigenvalue weighted by Gasteiger charge is -2.15. The first kappa shape index (κ1) is 23.5. The number of aliphatic hydroxyl groups is 1. The molecule has 1 aromatic carbocycles. The van der Waals surface area contributed by atoms with Crippen LogP contribution in [0, 0.1) is 5.41 Å². The van der Waals surface area contributed by atoms with Crippen LogP contribution in [0.2, 0.25) is 5.02 Å². The van der Waals surface area contributed by atoms with Crippen molar-refractivity contribution in [2.45, 2.75) is 57.7 Å². The SMILES string of the molecule is O=C(CCC1(CO)CC1)Cn1c(CCCC(F)(F)F)nc(-c2ccc(Cl)cc2)cc1=O. The number of Topliss-reactive ketones (excluding diaryl/α,β-unsaturated/α-hetero) is 1. The maximum absolute atomic E-state index is 12.7. The summed E-state index contributed by atoms with van der Waals surface area (Å²) in [6, 6.07) is 7.88. The highest BCUT2D eigenvalue weighted by Gasteiger charge is 2.41. The number of aryl methyl sites for hydroxylation is 1. The minimum atomic E-state index is -4.31. The fraction of sp³-hybridized carbons (Fsp3) is 0.500. The van der Waals surface area contributed by atoms with E-state index in [0.717, 1.165) is 17.4 Å². The van der Waals surface area contributed by atoms with Crippen molar-refractivity contribution in [3.63, 3.8) is 0 Å².